The molecule has 3 aromatic heterocycles. The first-order valence-electron chi connectivity index (χ1n) is 10.7. The van der Waals surface area contributed by atoms with E-state index in [-0.39, 0.29) is 22.9 Å². The Morgan fingerprint density at radius 2 is 1.88 bits per heavy atom. The van der Waals surface area contributed by atoms with Crippen molar-refractivity contribution in [1.82, 2.24) is 29.8 Å². The van der Waals surface area contributed by atoms with Crippen molar-refractivity contribution < 1.29 is 22.5 Å². The summed E-state index contributed by atoms with van der Waals surface area (Å²) in [6.45, 7) is 2.81. The van der Waals surface area contributed by atoms with E-state index in [1.807, 2.05) is 0 Å². The second kappa shape index (κ2) is 8.52. The number of rotatable bonds is 5. The van der Waals surface area contributed by atoms with E-state index in [4.69, 9.17) is 9.26 Å². The first-order chi connectivity index (χ1) is 16.3. The predicted octanol–water partition coefficient (Wildman–Crippen LogP) is 2.20. The van der Waals surface area contributed by atoms with Crippen LogP contribution in [-0.4, -0.2) is 69.6 Å². The van der Waals surface area contributed by atoms with E-state index < -0.39 is 9.84 Å². The minimum Gasteiger partial charge on any atom is -0.460 e. The van der Waals surface area contributed by atoms with E-state index in [0.717, 1.165) is 11.6 Å². The number of sulfone groups is 1. The van der Waals surface area contributed by atoms with Crippen molar-refractivity contribution in [1.29, 1.82) is 0 Å². The molecule has 0 unspecified atom stereocenters. The van der Waals surface area contributed by atoms with Crippen molar-refractivity contribution in [3.63, 3.8) is 0 Å². The monoisotopic (exact) mass is 482 g/mol. The fourth-order valence-electron chi connectivity index (χ4n) is 3.84. The smallest absolute Gasteiger partial charge is 0.318 e. The number of aryl methyl sites for hydroxylation is 1. The Morgan fingerprint density at radius 1 is 1.15 bits per heavy atom. The molecule has 1 aromatic carbocycles. The molecular formula is C22H22N6O5S. The van der Waals surface area contributed by atoms with Gasteiger partial charge in [-0.3, -0.25) is 4.79 Å². The molecule has 4 aromatic rings. The van der Waals surface area contributed by atoms with E-state index in [1.54, 1.807) is 47.1 Å². The minimum absolute atomic E-state index is 0.133. The SMILES string of the molecule is Cc1cc(C(=O)N2CCC(Oc3ncc4cnn(-c5ccc(S(C)(=O)=O)cc5)c4n3)CC2)no1. The quantitative estimate of drug-likeness (QED) is 0.420. The first-order valence-corrected chi connectivity index (χ1v) is 12.6. The number of carbonyl (C=O) groups excluding carboxylic acids is 1. The van der Waals surface area contributed by atoms with Crippen LogP contribution in [0.1, 0.15) is 29.1 Å². The van der Waals surface area contributed by atoms with Gasteiger partial charge in [0.15, 0.2) is 21.2 Å². The van der Waals surface area contributed by atoms with Gasteiger partial charge >= 0.3 is 6.01 Å². The third kappa shape index (κ3) is 4.36. The van der Waals surface area contributed by atoms with Gasteiger partial charge in [-0.15, -0.1) is 0 Å². The lowest BCUT2D eigenvalue weighted by molar-refractivity contribution is 0.0570. The number of amides is 1. The maximum atomic E-state index is 12.5. The number of carbonyl (C=O) groups is 1. The molecule has 0 atom stereocenters. The molecule has 1 amide bonds. The number of hydrogen-bond acceptors (Lipinski definition) is 9. The highest BCUT2D eigenvalue weighted by molar-refractivity contribution is 7.90. The zero-order valence-electron chi connectivity index (χ0n) is 18.6. The number of ether oxygens (including phenoxy) is 1. The van der Waals surface area contributed by atoms with Crippen LogP contribution in [0.3, 0.4) is 0 Å². The summed E-state index contributed by atoms with van der Waals surface area (Å²) in [5, 5.41) is 8.88. The summed E-state index contributed by atoms with van der Waals surface area (Å²) in [6, 6.07) is 8.27. The molecule has 34 heavy (non-hydrogen) atoms. The van der Waals surface area contributed by atoms with Crippen LogP contribution in [0, 0.1) is 6.92 Å². The molecule has 11 nitrogen and oxygen atoms in total. The average molecular weight is 483 g/mol. The van der Waals surface area contributed by atoms with Crippen LogP contribution in [0.15, 0.2) is 52.1 Å². The molecule has 0 saturated carbocycles. The van der Waals surface area contributed by atoms with Gasteiger partial charge in [-0.25, -0.2) is 18.1 Å². The lowest BCUT2D eigenvalue weighted by Crippen LogP contribution is -2.42. The van der Waals surface area contributed by atoms with Crippen molar-refractivity contribution in [3.05, 3.63) is 54.2 Å². The molecule has 1 saturated heterocycles. The van der Waals surface area contributed by atoms with Crippen LogP contribution in [0.25, 0.3) is 16.7 Å². The summed E-state index contributed by atoms with van der Waals surface area (Å²) < 4.78 is 36.1. The largest absolute Gasteiger partial charge is 0.460 e. The third-order valence-corrected chi connectivity index (χ3v) is 6.77. The van der Waals surface area contributed by atoms with Gasteiger partial charge in [-0.1, -0.05) is 5.16 Å². The molecule has 5 rings (SSSR count). The second-order valence-electron chi connectivity index (χ2n) is 8.19. The van der Waals surface area contributed by atoms with E-state index >= 15 is 0 Å². The zero-order valence-corrected chi connectivity index (χ0v) is 19.4. The fraction of sp³-hybridized carbons (Fsp3) is 0.318. The zero-order chi connectivity index (χ0) is 23.9. The van der Waals surface area contributed by atoms with E-state index in [1.165, 1.54) is 12.1 Å². The van der Waals surface area contributed by atoms with Gasteiger partial charge in [0.2, 0.25) is 0 Å². The van der Waals surface area contributed by atoms with Crippen molar-refractivity contribution in [2.75, 3.05) is 19.3 Å². The lowest BCUT2D eigenvalue weighted by Gasteiger charge is -2.31. The van der Waals surface area contributed by atoms with Gasteiger partial charge in [0.25, 0.3) is 5.91 Å². The number of benzene rings is 1. The Labute approximate surface area is 195 Å². The van der Waals surface area contributed by atoms with Gasteiger partial charge in [0, 0.05) is 44.5 Å². The molecule has 1 aliphatic heterocycles. The summed E-state index contributed by atoms with van der Waals surface area (Å²) in [7, 11) is -3.29. The van der Waals surface area contributed by atoms with Crippen LogP contribution < -0.4 is 4.74 Å². The molecule has 4 heterocycles. The number of fused-ring (bicyclic) bond motifs is 1. The van der Waals surface area contributed by atoms with Gasteiger partial charge in [-0.2, -0.15) is 10.1 Å². The molecule has 0 aliphatic carbocycles. The van der Waals surface area contributed by atoms with Crippen LogP contribution in [0.4, 0.5) is 0 Å². The highest BCUT2D eigenvalue weighted by Crippen LogP contribution is 2.22. The molecule has 0 radical (unpaired) electrons. The normalized spacial score (nSPS) is 15.1. The van der Waals surface area contributed by atoms with Crippen molar-refractivity contribution in [2.45, 2.75) is 30.8 Å². The molecule has 12 heteroatoms. The molecule has 0 spiro atoms. The highest BCUT2D eigenvalue weighted by Gasteiger charge is 2.27. The average Bonchev–Trinajstić information content (AvgIpc) is 3.45. The molecule has 1 fully saturated rings. The number of piperidine rings is 1. The minimum atomic E-state index is -3.29. The summed E-state index contributed by atoms with van der Waals surface area (Å²) in [4.78, 5) is 23.3. The Hall–Kier alpha value is -3.80. The van der Waals surface area contributed by atoms with Gasteiger partial charge in [-0.05, 0) is 31.2 Å². The first kappa shape index (κ1) is 22.0. The number of aromatic nitrogens is 5. The molecule has 1 aliphatic rings. The Balaban J connectivity index is 1.28. The van der Waals surface area contributed by atoms with Gasteiger partial charge in [0.1, 0.15) is 11.9 Å². The van der Waals surface area contributed by atoms with Gasteiger partial charge in [0.05, 0.1) is 22.2 Å². The number of nitrogens with zero attached hydrogens (tertiary/aromatic N) is 6. The Bertz CT molecular complexity index is 1450. The number of likely N-dealkylation sites (tertiary alicyclic amines) is 1. The van der Waals surface area contributed by atoms with E-state index in [2.05, 4.69) is 20.2 Å². The topological polar surface area (TPSA) is 133 Å². The summed E-state index contributed by atoms with van der Waals surface area (Å²) in [5.74, 6) is 0.443. The highest BCUT2D eigenvalue weighted by atomic mass is 32.2. The molecule has 0 bridgehead atoms. The van der Waals surface area contributed by atoms with Crippen LogP contribution >= 0.6 is 0 Å². The van der Waals surface area contributed by atoms with Crippen LogP contribution in [0.5, 0.6) is 6.01 Å². The van der Waals surface area contributed by atoms with E-state index in [0.29, 0.717) is 48.7 Å². The maximum absolute atomic E-state index is 12.5. The maximum Gasteiger partial charge on any atom is 0.318 e. The standard InChI is InChI=1S/C22H22N6O5S/c1-14-11-19(26-33-14)21(29)27-9-7-17(8-10-27)32-22-23-12-15-13-24-28(20(15)25-22)16-3-5-18(6-4-16)34(2,30)31/h3-6,11-13,17H,7-10H2,1-2H3. The van der Waals surface area contributed by atoms with Crippen LogP contribution in [-0.2, 0) is 9.84 Å². The molecule has 176 valence electrons. The lowest BCUT2D eigenvalue weighted by atomic mass is 10.1. The summed E-state index contributed by atoms with van der Waals surface area (Å²) in [5.41, 5.74) is 1.52. The van der Waals surface area contributed by atoms with Crippen molar-refractivity contribution in [3.8, 4) is 11.7 Å². The van der Waals surface area contributed by atoms with Crippen molar-refractivity contribution in [2.24, 2.45) is 0 Å². The fourth-order valence-corrected chi connectivity index (χ4v) is 4.47. The van der Waals surface area contributed by atoms with Crippen molar-refractivity contribution >= 4 is 26.8 Å². The Morgan fingerprint density at radius 3 is 2.53 bits per heavy atom. The van der Waals surface area contributed by atoms with E-state index in [9.17, 15) is 13.2 Å². The predicted molar refractivity (Wildman–Crippen MR) is 121 cm³/mol. The number of hydrogen-bond donors (Lipinski definition) is 0. The van der Waals surface area contributed by atoms with Crippen LogP contribution in [0.2, 0.25) is 0 Å². The molecular weight excluding hydrogens is 460 g/mol. The third-order valence-electron chi connectivity index (χ3n) is 5.64. The van der Waals surface area contributed by atoms with Gasteiger partial charge < -0.3 is 14.2 Å². The summed E-state index contributed by atoms with van der Waals surface area (Å²) >= 11 is 0. The molecule has 0 N–H and O–H groups in total. The summed E-state index contributed by atoms with van der Waals surface area (Å²) in [6.07, 6.45) is 5.58. The second-order valence-corrected chi connectivity index (χ2v) is 10.2. The Kier molecular flexibility index (Phi) is 5.52.